The minimum absolute atomic E-state index is 0.221. The van der Waals surface area contributed by atoms with Crippen LogP contribution in [0.15, 0.2) is 53.7 Å². The number of esters is 1. The third-order valence-electron chi connectivity index (χ3n) is 4.43. The molecule has 1 saturated heterocycles. The average molecular weight is 387 g/mol. The van der Waals surface area contributed by atoms with Crippen LogP contribution in [0, 0.1) is 0 Å². The van der Waals surface area contributed by atoms with E-state index >= 15 is 0 Å². The minimum atomic E-state index is -0.709. The molecule has 7 heteroatoms. The summed E-state index contributed by atoms with van der Waals surface area (Å²) < 4.78 is 4.82. The number of ether oxygens (including phenoxy) is 1. The van der Waals surface area contributed by atoms with Gasteiger partial charge in [0.25, 0.3) is 5.91 Å². The highest BCUT2D eigenvalue weighted by molar-refractivity contribution is 6.33. The maximum absolute atomic E-state index is 12.9. The zero-order chi connectivity index (χ0) is 19.4. The first-order valence-corrected chi connectivity index (χ1v) is 8.75. The monoisotopic (exact) mass is 386 g/mol. The molecule has 0 N–H and O–H groups in total. The molecule has 0 spiro atoms. The van der Waals surface area contributed by atoms with Gasteiger partial charge in [-0.05, 0) is 23.8 Å². The van der Waals surface area contributed by atoms with Crippen LogP contribution in [0.1, 0.15) is 16.8 Å². The Morgan fingerprint density at radius 2 is 1.81 bits per heavy atom. The van der Waals surface area contributed by atoms with Crippen molar-refractivity contribution in [1.82, 2.24) is 4.90 Å². The molecule has 1 atom stereocenters. The Morgan fingerprint density at radius 3 is 2.44 bits per heavy atom. The maximum atomic E-state index is 12.9. The second-order valence-electron chi connectivity index (χ2n) is 6.07. The first-order chi connectivity index (χ1) is 13.0. The third kappa shape index (κ3) is 3.95. The van der Waals surface area contributed by atoms with E-state index in [0.717, 1.165) is 11.1 Å². The number of carbonyl (C=O) groups is 2. The molecule has 2 aromatic carbocycles. The molecular formula is C20H19ClN2O4. The van der Waals surface area contributed by atoms with Gasteiger partial charge < -0.3 is 14.5 Å². The number of hydrogen-bond donors (Lipinski definition) is 0. The molecule has 0 aromatic heterocycles. The lowest BCUT2D eigenvalue weighted by Crippen LogP contribution is -2.41. The molecular weight excluding hydrogens is 368 g/mol. The summed E-state index contributed by atoms with van der Waals surface area (Å²) in [6, 6.07) is 13.9. The SMILES string of the molecule is CO/N=C1\C[C@@H](C(=O)OC)N(C(=O)c2ccc(-c3ccccc3Cl)cc2)C1. The molecule has 0 bridgehead atoms. The zero-order valence-corrected chi connectivity index (χ0v) is 15.8. The van der Waals surface area contributed by atoms with E-state index in [1.807, 2.05) is 36.4 Å². The van der Waals surface area contributed by atoms with Gasteiger partial charge in [-0.25, -0.2) is 4.79 Å². The van der Waals surface area contributed by atoms with Crippen molar-refractivity contribution >= 4 is 29.2 Å². The molecule has 1 aliphatic heterocycles. The Labute approximate surface area is 162 Å². The van der Waals surface area contributed by atoms with Crippen LogP contribution < -0.4 is 0 Å². The molecule has 27 heavy (non-hydrogen) atoms. The molecule has 1 amide bonds. The molecule has 0 aliphatic carbocycles. The predicted molar refractivity (Wildman–Crippen MR) is 103 cm³/mol. The zero-order valence-electron chi connectivity index (χ0n) is 15.0. The van der Waals surface area contributed by atoms with Crippen molar-refractivity contribution in [1.29, 1.82) is 0 Å². The highest BCUT2D eigenvalue weighted by Crippen LogP contribution is 2.28. The summed E-state index contributed by atoms with van der Waals surface area (Å²) >= 11 is 6.23. The second-order valence-corrected chi connectivity index (χ2v) is 6.48. The summed E-state index contributed by atoms with van der Waals surface area (Å²) in [5, 5.41) is 4.52. The summed E-state index contributed by atoms with van der Waals surface area (Å²) in [5.41, 5.74) is 2.89. The van der Waals surface area contributed by atoms with Gasteiger partial charge in [0, 0.05) is 22.6 Å². The van der Waals surface area contributed by atoms with Crippen LogP contribution in [0.3, 0.4) is 0 Å². The van der Waals surface area contributed by atoms with Crippen molar-refractivity contribution in [3.05, 3.63) is 59.1 Å². The standard InChI is InChI=1S/C20H19ClN2O4/c1-26-20(25)18-11-15(22-27-2)12-23(18)19(24)14-9-7-13(8-10-14)16-5-3-4-6-17(16)21/h3-10,18H,11-12H2,1-2H3/b22-15+/t18-/m0/s1. The Balaban J connectivity index is 1.85. The Morgan fingerprint density at radius 1 is 1.11 bits per heavy atom. The van der Waals surface area contributed by atoms with Gasteiger partial charge in [0.2, 0.25) is 0 Å². The quantitative estimate of drug-likeness (QED) is 0.596. The minimum Gasteiger partial charge on any atom is -0.467 e. The first kappa shape index (κ1) is 18.9. The number of oxime groups is 1. The lowest BCUT2D eigenvalue weighted by molar-refractivity contribution is -0.145. The fraction of sp³-hybridized carbons (Fsp3) is 0.250. The number of methoxy groups -OCH3 is 1. The number of amides is 1. The Kier molecular flexibility index (Phi) is 5.76. The van der Waals surface area contributed by atoms with E-state index in [-0.39, 0.29) is 12.5 Å². The van der Waals surface area contributed by atoms with Crippen molar-refractivity contribution in [2.45, 2.75) is 12.5 Å². The molecule has 0 saturated carbocycles. The van der Waals surface area contributed by atoms with Crippen molar-refractivity contribution in [2.75, 3.05) is 20.8 Å². The van der Waals surface area contributed by atoms with E-state index < -0.39 is 12.0 Å². The molecule has 1 heterocycles. The van der Waals surface area contributed by atoms with Crippen LogP contribution >= 0.6 is 11.6 Å². The highest BCUT2D eigenvalue weighted by Gasteiger charge is 2.39. The normalized spacial score (nSPS) is 17.8. The fourth-order valence-corrected chi connectivity index (χ4v) is 3.36. The van der Waals surface area contributed by atoms with Gasteiger partial charge in [0.15, 0.2) is 0 Å². The largest absolute Gasteiger partial charge is 0.467 e. The van der Waals surface area contributed by atoms with E-state index in [1.54, 1.807) is 12.1 Å². The van der Waals surface area contributed by atoms with E-state index in [9.17, 15) is 9.59 Å². The Hall–Kier alpha value is -2.86. The number of hydrogen-bond acceptors (Lipinski definition) is 5. The van der Waals surface area contributed by atoms with Crippen LogP contribution in [0.25, 0.3) is 11.1 Å². The van der Waals surface area contributed by atoms with Crippen molar-refractivity contribution in [3.8, 4) is 11.1 Å². The van der Waals surface area contributed by atoms with E-state index in [0.29, 0.717) is 22.7 Å². The number of nitrogens with zero attached hydrogens (tertiary/aromatic N) is 2. The predicted octanol–water partition coefficient (Wildman–Crippen LogP) is 3.40. The van der Waals surface area contributed by atoms with Gasteiger partial charge >= 0.3 is 5.97 Å². The maximum Gasteiger partial charge on any atom is 0.329 e. The van der Waals surface area contributed by atoms with E-state index in [2.05, 4.69) is 5.16 Å². The van der Waals surface area contributed by atoms with Crippen LogP contribution in [-0.4, -0.2) is 49.3 Å². The number of rotatable bonds is 4. The number of benzene rings is 2. The molecule has 1 fully saturated rings. The number of carbonyl (C=O) groups excluding carboxylic acids is 2. The molecule has 0 unspecified atom stereocenters. The van der Waals surface area contributed by atoms with Gasteiger partial charge in [0.1, 0.15) is 13.2 Å². The first-order valence-electron chi connectivity index (χ1n) is 8.37. The Bertz CT molecular complexity index is 880. The lowest BCUT2D eigenvalue weighted by Gasteiger charge is -2.22. The summed E-state index contributed by atoms with van der Waals surface area (Å²) in [7, 11) is 2.73. The van der Waals surface area contributed by atoms with Crippen LogP contribution in [-0.2, 0) is 14.4 Å². The fourth-order valence-electron chi connectivity index (χ4n) is 3.11. The highest BCUT2D eigenvalue weighted by atomic mass is 35.5. The number of halogens is 1. The summed E-state index contributed by atoms with van der Waals surface area (Å²) in [4.78, 5) is 31.2. The van der Waals surface area contributed by atoms with Crippen LogP contribution in [0.5, 0.6) is 0 Å². The van der Waals surface area contributed by atoms with Gasteiger partial charge in [-0.2, -0.15) is 0 Å². The average Bonchev–Trinajstić information content (AvgIpc) is 3.11. The number of likely N-dealkylation sites (tertiary alicyclic amines) is 1. The summed E-state index contributed by atoms with van der Waals surface area (Å²) in [5.74, 6) is -0.741. The van der Waals surface area contributed by atoms with Crippen LogP contribution in [0.2, 0.25) is 5.02 Å². The molecule has 140 valence electrons. The molecule has 0 radical (unpaired) electrons. The summed E-state index contributed by atoms with van der Waals surface area (Å²) in [6.07, 6.45) is 0.296. The summed E-state index contributed by atoms with van der Waals surface area (Å²) in [6.45, 7) is 0.221. The van der Waals surface area contributed by atoms with E-state index in [1.165, 1.54) is 19.1 Å². The smallest absolute Gasteiger partial charge is 0.329 e. The lowest BCUT2D eigenvalue weighted by atomic mass is 10.0. The third-order valence-corrected chi connectivity index (χ3v) is 4.76. The second kappa shape index (κ2) is 8.22. The van der Waals surface area contributed by atoms with Crippen molar-refractivity contribution in [3.63, 3.8) is 0 Å². The molecule has 3 rings (SSSR count). The van der Waals surface area contributed by atoms with Gasteiger partial charge in [-0.1, -0.05) is 47.1 Å². The topological polar surface area (TPSA) is 68.2 Å². The molecule has 1 aliphatic rings. The molecule has 2 aromatic rings. The van der Waals surface area contributed by atoms with Gasteiger partial charge in [0.05, 0.1) is 19.4 Å². The van der Waals surface area contributed by atoms with Gasteiger partial charge in [-0.15, -0.1) is 0 Å². The van der Waals surface area contributed by atoms with Crippen LogP contribution in [0.4, 0.5) is 0 Å². The van der Waals surface area contributed by atoms with Gasteiger partial charge in [-0.3, -0.25) is 4.79 Å². The van der Waals surface area contributed by atoms with Crippen molar-refractivity contribution < 1.29 is 19.2 Å². The van der Waals surface area contributed by atoms with E-state index in [4.69, 9.17) is 21.2 Å². The molecule has 6 nitrogen and oxygen atoms in total. The van der Waals surface area contributed by atoms with Crippen molar-refractivity contribution in [2.24, 2.45) is 5.16 Å².